The topological polar surface area (TPSA) is 127 Å². The summed E-state index contributed by atoms with van der Waals surface area (Å²) < 4.78 is 32.3. The second-order valence-corrected chi connectivity index (χ2v) is 13.6. The van der Waals surface area contributed by atoms with Crippen LogP contribution in [0.3, 0.4) is 0 Å². The van der Waals surface area contributed by atoms with Crippen LogP contribution < -0.4 is 14.4 Å². The molecule has 0 aromatic heterocycles. The summed E-state index contributed by atoms with van der Waals surface area (Å²) in [6.45, 7) is 17.3. The second kappa shape index (κ2) is 21.9. The Labute approximate surface area is 355 Å². The van der Waals surface area contributed by atoms with E-state index in [0.717, 1.165) is 63.6 Å². The Morgan fingerprint density at radius 1 is 0.459 bits per heavy atom. The summed E-state index contributed by atoms with van der Waals surface area (Å²) >= 11 is 0. The average molecular weight is 822 g/mol. The number of nitrogens with zero attached hydrogens (tertiary/aromatic N) is 1. The molecule has 0 N–H and O–H groups in total. The van der Waals surface area contributed by atoms with Crippen molar-refractivity contribution in [1.29, 1.82) is 0 Å². The van der Waals surface area contributed by atoms with Crippen LogP contribution in [0.25, 0.3) is 22.3 Å². The van der Waals surface area contributed by atoms with Gasteiger partial charge in [-0.05, 0) is 108 Å². The first-order chi connectivity index (χ1) is 29.5. The SMILES string of the molecule is C=CC(=O)OCC(COc1ccc(-c2ccc(N(c3ccc(-c4ccc(OCC(COC(=O)C=C)OC(=O)C=C)cc4)cc3)c3ccc(C)c(C)c3)cc2)cc1)OC(=O)C=C. The van der Waals surface area contributed by atoms with Crippen LogP contribution in [-0.2, 0) is 38.1 Å². The van der Waals surface area contributed by atoms with E-state index >= 15 is 0 Å². The maximum absolute atomic E-state index is 11.8. The fourth-order valence-electron chi connectivity index (χ4n) is 5.91. The van der Waals surface area contributed by atoms with Crippen LogP contribution in [0.1, 0.15) is 11.1 Å². The van der Waals surface area contributed by atoms with Gasteiger partial charge in [0.05, 0.1) is 0 Å². The summed E-state index contributed by atoms with van der Waals surface area (Å²) in [5.74, 6) is -1.49. The van der Waals surface area contributed by atoms with Gasteiger partial charge in [0.25, 0.3) is 0 Å². The third-order valence-corrected chi connectivity index (χ3v) is 9.30. The molecule has 0 bridgehead atoms. The van der Waals surface area contributed by atoms with Gasteiger partial charge in [-0.2, -0.15) is 0 Å². The normalized spacial score (nSPS) is 11.4. The molecule has 11 heteroatoms. The summed E-state index contributed by atoms with van der Waals surface area (Å²) in [4.78, 5) is 48.8. The van der Waals surface area contributed by atoms with Crippen molar-refractivity contribution in [2.24, 2.45) is 0 Å². The molecule has 0 aliphatic heterocycles. The molecule has 0 amide bonds. The zero-order valence-corrected chi connectivity index (χ0v) is 34.1. The van der Waals surface area contributed by atoms with Crippen LogP contribution >= 0.6 is 0 Å². The zero-order valence-electron chi connectivity index (χ0n) is 34.1. The summed E-state index contributed by atoms with van der Waals surface area (Å²) in [5.41, 5.74) is 9.25. The number of carbonyl (C=O) groups is 4. The van der Waals surface area contributed by atoms with Gasteiger partial charge < -0.3 is 33.3 Å². The van der Waals surface area contributed by atoms with E-state index in [2.05, 4.69) is 112 Å². The van der Waals surface area contributed by atoms with E-state index in [1.165, 1.54) is 11.1 Å². The van der Waals surface area contributed by atoms with E-state index in [9.17, 15) is 19.2 Å². The number of rotatable bonds is 21. The van der Waals surface area contributed by atoms with Crippen molar-refractivity contribution in [2.45, 2.75) is 26.1 Å². The molecule has 2 unspecified atom stereocenters. The van der Waals surface area contributed by atoms with Crippen molar-refractivity contribution in [3.8, 4) is 33.8 Å². The van der Waals surface area contributed by atoms with Gasteiger partial charge in [-0.25, -0.2) is 19.2 Å². The molecule has 0 saturated carbocycles. The molecule has 0 spiro atoms. The molecule has 61 heavy (non-hydrogen) atoms. The lowest BCUT2D eigenvalue weighted by molar-refractivity contribution is -0.154. The maximum Gasteiger partial charge on any atom is 0.330 e. The van der Waals surface area contributed by atoms with E-state index in [1.54, 1.807) is 0 Å². The number of hydrogen-bond acceptors (Lipinski definition) is 11. The molecule has 0 fully saturated rings. The third-order valence-electron chi connectivity index (χ3n) is 9.30. The van der Waals surface area contributed by atoms with Crippen molar-refractivity contribution in [3.05, 3.63) is 177 Å². The van der Waals surface area contributed by atoms with Gasteiger partial charge in [0.2, 0.25) is 0 Å². The molecule has 0 aliphatic carbocycles. The maximum atomic E-state index is 11.8. The number of carbonyl (C=O) groups excluding carboxylic acids is 4. The minimum atomic E-state index is -0.835. The predicted octanol–water partition coefficient (Wildman–Crippen LogP) is 9.52. The van der Waals surface area contributed by atoms with Crippen LogP contribution in [0.15, 0.2) is 166 Å². The van der Waals surface area contributed by atoms with Gasteiger partial charge in [0.1, 0.15) is 37.9 Å². The molecular weight excluding hydrogens is 775 g/mol. The van der Waals surface area contributed by atoms with E-state index in [4.69, 9.17) is 28.4 Å². The predicted molar refractivity (Wildman–Crippen MR) is 235 cm³/mol. The Morgan fingerprint density at radius 3 is 1.15 bits per heavy atom. The summed E-state index contributed by atoms with van der Waals surface area (Å²) in [7, 11) is 0. The van der Waals surface area contributed by atoms with Crippen molar-refractivity contribution in [3.63, 3.8) is 0 Å². The van der Waals surface area contributed by atoms with Crippen molar-refractivity contribution in [2.75, 3.05) is 31.3 Å². The molecule has 2 atom stereocenters. The highest BCUT2D eigenvalue weighted by molar-refractivity contribution is 5.83. The Balaban J connectivity index is 1.29. The van der Waals surface area contributed by atoms with Crippen LogP contribution in [0.2, 0.25) is 0 Å². The first-order valence-electron chi connectivity index (χ1n) is 19.3. The lowest BCUT2D eigenvalue weighted by Gasteiger charge is -2.26. The van der Waals surface area contributed by atoms with Crippen LogP contribution in [0, 0.1) is 13.8 Å². The van der Waals surface area contributed by atoms with Gasteiger partial charge in [0, 0.05) is 41.4 Å². The van der Waals surface area contributed by atoms with Crippen molar-refractivity contribution >= 4 is 40.9 Å². The largest absolute Gasteiger partial charge is 0.490 e. The van der Waals surface area contributed by atoms with E-state index in [1.807, 2.05) is 48.5 Å². The number of ether oxygens (including phenoxy) is 6. The Bertz CT molecular complexity index is 2190. The Morgan fingerprint density at radius 2 is 0.803 bits per heavy atom. The van der Waals surface area contributed by atoms with Gasteiger partial charge in [-0.15, -0.1) is 0 Å². The molecule has 5 rings (SSSR count). The first kappa shape index (κ1) is 44.4. The van der Waals surface area contributed by atoms with Crippen molar-refractivity contribution in [1.82, 2.24) is 0 Å². The highest BCUT2D eigenvalue weighted by Gasteiger charge is 2.19. The molecule has 0 saturated heterocycles. The number of aryl methyl sites for hydroxylation is 2. The fraction of sp³-hybridized carbons (Fsp3) is 0.160. The monoisotopic (exact) mass is 821 g/mol. The van der Waals surface area contributed by atoms with Gasteiger partial charge >= 0.3 is 23.9 Å². The number of benzene rings is 5. The summed E-state index contributed by atoms with van der Waals surface area (Å²) in [6.07, 6.45) is 2.45. The lowest BCUT2D eigenvalue weighted by Crippen LogP contribution is -2.30. The Hall–Kier alpha value is -7.66. The molecule has 312 valence electrons. The van der Waals surface area contributed by atoms with Gasteiger partial charge in [0.15, 0.2) is 12.2 Å². The molecular formula is C50H47NO10. The minimum Gasteiger partial charge on any atom is -0.490 e. The molecule has 5 aromatic rings. The van der Waals surface area contributed by atoms with Crippen molar-refractivity contribution < 1.29 is 47.6 Å². The van der Waals surface area contributed by atoms with E-state index < -0.39 is 36.1 Å². The zero-order chi connectivity index (χ0) is 43.7. The van der Waals surface area contributed by atoms with Gasteiger partial charge in [-0.3, -0.25) is 0 Å². The average Bonchev–Trinajstić information content (AvgIpc) is 3.29. The summed E-state index contributed by atoms with van der Waals surface area (Å²) in [5, 5.41) is 0. The highest BCUT2D eigenvalue weighted by Crippen LogP contribution is 2.38. The standard InChI is InChI=1S/C50H47NO10/c1-7-47(52)58-32-45(60-49(54)9-3)30-56-43-25-16-38(17-26-43)36-12-21-40(22-13-36)51(42-20-11-34(5)35(6)29-42)41-23-14-37(15-24-41)39-18-27-44(28-19-39)57-31-46(61-50(55)10-4)33-59-48(53)8-2/h7-29,45-46H,1-4,30-33H2,5-6H3. The lowest BCUT2D eigenvalue weighted by atomic mass is 10.0. The van der Waals surface area contributed by atoms with E-state index in [-0.39, 0.29) is 26.4 Å². The van der Waals surface area contributed by atoms with Gasteiger partial charge in [-0.1, -0.05) is 80.9 Å². The molecule has 11 nitrogen and oxygen atoms in total. The van der Waals surface area contributed by atoms with Crippen LogP contribution in [-0.4, -0.2) is 62.5 Å². The number of hydrogen-bond donors (Lipinski definition) is 0. The summed E-state index contributed by atoms with van der Waals surface area (Å²) in [6, 6.07) is 38.0. The fourth-order valence-corrected chi connectivity index (χ4v) is 5.91. The molecule has 5 aromatic carbocycles. The molecule has 0 heterocycles. The first-order valence-corrected chi connectivity index (χ1v) is 19.3. The quantitative estimate of drug-likeness (QED) is 0.0399. The Kier molecular flexibility index (Phi) is 16.0. The minimum absolute atomic E-state index is 0.0356. The van der Waals surface area contributed by atoms with Crippen LogP contribution in [0.5, 0.6) is 11.5 Å². The second-order valence-electron chi connectivity index (χ2n) is 13.6. The molecule has 0 aliphatic rings. The van der Waals surface area contributed by atoms with E-state index in [0.29, 0.717) is 11.5 Å². The molecule has 0 radical (unpaired) electrons. The highest BCUT2D eigenvalue weighted by atomic mass is 16.6. The smallest absolute Gasteiger partial charge is 0.330 e. The van der Waals surface area contributed by atoms with Crippen LogP contribution in [0.4, 0.5) is 17.1 Å². The number of anilines is 3. The third kappa shape index (κ3) is 12.9. The number of esters is 4.